The molecule has 0 radical (unpaired) electrons. The van der Waals surface area contributed by atoms with Crippen LogP contribution in [0, 0.1) is 13.8 Å². The molecule has 0 aliphatic rings. The predicted molar refractivity (Wildman–Crippen MR) is 143 cm³/mol. The van der Waals surface area contributed by atoms with Crippen LogP contribution < -0.4 is 5.46 Å². The zero-order valence-electron chi connectivity index (χ0n) is 17.6. The van der Waals surface area contributed by atoms with Gasteiger partial charge in [0.1, 0.15) is 4.60 Å². The molecule has 8 heteroatoms. The zero-order valence-corrected chi connectivity index (χ0v) is 22.3. The highest BCUT2D eigenvalue weighted by Crippen LogP contribution is 2.21. The second-order valence-electron chi connectivity index (χ2n) is 6.73. The summed E-state index contributed by atoms with van der Waals surface area (Å²) < 4.78 is 2.98. The lowest BCUT2D eigenvalue weighted by molar-refractivity contribution is 0.426. The first-order chi connectivity index (χ1) is 15.3. The Labute approximate surface area is 214 Å². The number of halogens is 3. The monoisotopic (exact) mass is 618 g/mol. The molecule has 0 fully saturated rings. The topological polar surface area (TPSA) is 66.2 Å². The average Bonchev–Trinajstić information content (AvgIpc) is 2.80. The average molecular weight is 621 g/mol. The Morgan fingerprint density at radius 3 is 1.78 bits per heavy atom. The van der Waals surface area contributed by atoms with E-state index in [0.29, 0.717) is 5.46 Å². The Kier molecular flexibility index (Phi) is 11.3. The smallest absolute Gasteiger partial charge is 0.423 e. The highest BCUT2D eigenvalue weighted by atomic mass is 79.9. The lowest BCUT2D eigenvalue weighted by atomic mass is 9.81. The van der Waals surface area contributed by atoms with Crippen LogP contribution in [0.1, 0.15) is 11.1 Å². The second-order valence-corrected chi connectivity index (χ2v) is 9.25. The molecule has 0 unspecified atom stereocenters. The Hall–Kier alpha value is -1.84. The number of hydrogen-bond acceptors (Lipinski definition) is 4. The highest BCUT2D eigenvalue weighted by molar-refractivity contribution is 9.11. The molecule has 0 spiro atoms. The van der Waals surface area contributed by atoms with Gasteiger partial charge in [-0.05, 0) is 90.4 Å². The fourth-order valence-corrected chi connectivity index (χ4v) is 3.33. The Bertz CT molecular complexity index is 1110. The van der Waals surface area contributed by atoms with Crippen molar-refractivity contribution in [3.8, 4) is 11.3 Å². The van der Waals surface area contributed by atoms with Crippen LogP contribution in [0.4, 0.5) is 0 Å². The summed E-state index contributed by atoms with van der Waals surface area (Å²) >= 11 is 10.0. The van der Waals surface area contributed by atoms with E-state index in [-0.39, 0.29) is 0 Å². The summed E-state index contributed by atoms with van der Waals surface area (Å²) in [4.78, 5) is 8.41. The Balaban J connectivity index is 0.000000178. The molecule has 0 saturated carbocycles. The van der Waals surface area contributed by atoms with E-state index in [1.54, 1.807) is 30.5 Å². The fourth-order valence-electron chi connectivity index (χ4n) is 2.46. The van der Waals surface area contributed by atoms with E-state index in [9.17, 15) is 0 Å². The summed E-state index contributed by atoms with van der Waals surface area (Å²) in [7, 11) is -1.34. The summed E-state index contributed by atoms with van der Waals surface area (Å²) in [6, 6.07) is 22.9. The number of benzene rings is 2. The van der Waals surface area contributed by atoms with Gasteiger partial charge in [-0.1, -0.05) is 60.7 Å². The van der Waals surface area contributed by atoms with Crippen molar-refractivity contribution in [2.45, 2.75) is 13.8 Å². The molecule has 0 aliphatic carbocycles. The van der Waals surface area contributed by atoms with Crippen molar-refractivity contribution in [2.75, 3.05) is 0 Å². The molecular weight excluding hydrogens is 599 g/mol. The quantitative estimate of drug-likeness (QED) is 0.210. The van der Waals surface area contributed by atoms with Crippen molar-refractivity contribution in [2.24, 2.45) is 0 Å². The molecule has 164 valence electrons. The first kappa shape index (κ1) is 26.4. The van der Waals surface area contributed by atoms with Gasteiger partial charge in [-0.3, -0.25) is 4.98 Å². The van der Waals surface area contributed by atoms with Crippen molar-refractivity contribution in [3.05, 3.63) is 110 Å². The van der Waals surface area contributed by atoms with E-state index in [1.807, 2.05) is 43.5 Å². The van der Waals surface area contributed by atoms with E-state index in [4.69, 9.17) is 10.0 Å². The van der Waals surface area contributed by atoms with E-state index >= 15 is 0 Å². The summed E-state index contributed by atoms with van der Waals surface area (Å²) in [6.45, 7) is 4.07. The minimum atomic E-state index is -1.34. The predicted octanol–water partition coefficient (Wildman–Crippen LogP) is 6.10. The maximum absolute atomic E-state index is 8.58. The van der Waals surface area contributed by atoms with Crippen LogP contribution in [0.15, 0.2) is 98.7 Å². The molecule has 4 rings (SSSR count). The van der Waals surface area contributed by atoms with Gasteiger partial charge in [0.2, 0.25) is 0 Å². The minimum absolute atomic E-state index is 0.525. The number of aryl methyl sites for hydroxylation is 2. The minimum Gasteiger partial charge on any atom is -0.423 e. The lowest BCUT2D eigenvalue weighted by Gasteiger charge is -2.02. The molecule has 4 nitrogen and oxygen atoms in total. The van der Waals surface area contributed by atoms with Crippen LogP contribution in [0.5, 0.6) is 0 Å². The van der Waals surface area contributed by atoms with Gasteiger partial charge >= 0.3 is 7.12 Å². The van der Waals surface area contributed by atoms with Crippen molar-refractivity contribution in [3.63, 3.8) is 0 Å². The van der Waals surface area contributed by atoms with Gasteiger partial charge in [0.15, 0.2) is 0 Å². The van der Waals surface area contributed by atoms with Gasteiger partial charge in [-0.25, -0.2) is 4.98 Å². The van der Waals surface area contributed by atoms with Gasteiger partial charge in [0.05, 0.1) is 5.69 Å². The van der Waals surface area contributed by atoms with Crippen LogP contribution >= 0.6 is 47.8 Å². The van der Waals surface area contributed by atoms with Gasteiger partial charge in [0, 0.05) is 26.9 Å². The van der Waals surface area contributed by atoms with Gasteiger partial charge in [-0.2, -0.15) is 0 Å². The molecule has 0 aliphatic heterocycles. The number of nitrogens with zero attached hydrogens (tertiary/aromatic N) is 2. The third kappa shape index (κ3) is 8.96. The van der Waals surface area contributed by atoms with Crippen molar-refractivity contribution in [1.29, 1.82) is 0 Å². The standard InChI is InChI=1S/C12H10BrN.C6H7BO2.C6H5Br2N/c1-9-7-12(14-8-11(9)13)10-5-3-2-4-6-10;8-7(9)6-4-2-1-3-5-6;1-4-2-5(7)3-9-6(4)8/h2-8H,1H3;1-5,8-9H;2-3H,1H3. The Morgan fingerprint density at radius 1 is 0.719 bits per heavy atom. The van der Waals surface area contributed by atoms with E-state index in [0.717, 1.165) is 30.4 Å². The normalized spacial score (nSPS) is 9.72. The van der Waals surface area contributed by atoms with Crippen molar-refractivity contribution >= 4 is 60.4 Å². The van der Waals surface area contributed by atoms with Crippen LogP contribution in [-0.4, -0.2) is 27.1 Å². The molecule has 2 heterocycles. The molecule has 0 bridgehead atoms. The maximum Gasteiger partial charge on any atom is 0.488 e. The van der Waals surface area contributed by atoms with Crippen molar-refractivity contribution in [1.82, 2.24) is 9.97 Å². The highest BCUT2D eigenvalue weighted by Gasteiger charge is 2.07. The molecule has 32 heavy (non-hydrogen) atoms. The first-order valence-electron chi connectivity index (χ1n) is 9.64. The maximum atomic E-state index is 8.58. The number of hydrogen-bond donors (Lipinski definition) is 2. The van der Waals surface area contributed by atoms with E-state index in [1.165, 1.54) is 5.56 Å². The van der Waals surface area contributed by atoms with Gasteiger partial charge in [0.25, 0.3) is 0 Å². The van der Waals surface area contributed by atoms with E-state index in [2.05, 4.69) is 82.9 Å². The first-order valence-corrected chi connectivity index (χ1v) is 12.0. The zero-order chi connectivity index (χ0) is 23.5. The molecular formula is C24H22BBr3N2O2. The largest absolute Gasteiger partial charge is 0.488 e. The van der Waals surface area contributed by atoms with E-state index < -0.39 is 7.12 Å². The third-order valence-corrected chi connectivity index (χ3v) is 6.29. The van der Waals surface area contributed by atoms with Crippen molar-refractivity contribution < 1.29 is 10.0 Å². The molecule has 0 saturated heterocycles. The molecule has 2 aromatic heterocycles. The van der Waals surface area contributed by atoms with Crippen LogP contribution in [0.3, 0.4) is 0 Å². The van der Waals surface area contributed by atoms with Gasteiger partial charge < -0.3 is 10.0 Å². The SMILES string of the molecule is Cc1cc(-c2ccccc2)ncc1Br.Cc1cc(Br)cnc1Br.OB(O)c1ccccc1. The van der Waals surface area contributed by atoms with Crippen LogP contribution in [0.2, 0.25) is 0 Å². The molecule has 2 N–H and O–H groups in total. The summed E-state index contributed by atoms with van der Waals surface area (Å²) in [5.41, 5.74) is 5.05. The Morgan fingerprint density at radius 2 is 1.31 bits per heavy atom. The van der Waals surface area contributed by atoms with Crippen LogP contribution in [-0.2, 0) is 0 Å². The summed E-state index contributed by atoms with van der Waals surface area (Å²) in [5, 5.41) is 17.2. The number of pyridine rings is 2. The molecule has 0 amide bonds. The third-order valence-electron chi connectivity index (χ3n) is 4.20. The van der Waals surface area contributed by atoms with Crippen LogP contribution in [0.25, 0.3) is 11.3 Å². The number of aromatic nitrogens is 2. The lowest BCUT2D eigenvalue weighted by Crippen LogP contribution is -2.29. The molecule has 0 atom stereocenters. The molecule has 4 aromatic rings. The fraction of sp³-hybridized carbons (Fsp3) is 0.0833. The van der Waals surface area contributed by atoms with Gasteiger partial charge in [-0.15, -0.1) is 0 Å². The molecule has 2 aromatic carbocycles. The number of rotatable bonds is 2. The summed E-state index contributed by atoms with van der Waals surface area (Å²) in [5.74, 6) is 0. The second kappa shape index (κ2) is 13.7. The summed E-state index contributed by atoms with van der Waals surface area (Å²) in [6.07, 6.45) is 3.61.